The van der Waals surface area contributed by atoms with Crippen LogP contribution in [-0.4, -0.2) is 41.8 Å². The third-order valence-electron chi connectivity index (χ3n) is 4.59. The van der Waals surface area contributed by atoms with Gasteiger partial charge in [-0.05, 0) is 47.3 Å². The Hall–Kier alpha value is -1.67. The zero-order valence-corrected chi connectivity index (χ0v) is 14.7. The van der Waals surface area contributed by atoms with Crippen LogP contribution in [0.2, 0.25) is 0 Å². The highest BCUT2D eigenvalue weighted by molar-refractivity contribution is 7.07. The number of carboxylic acid groups (broad SMARTS) is 1. The Morgan fingerprint density at radius 2 is 2.12 bits per heavy atom. The van der Waals surface area contributed by atoms with Crippen LogP contribution in [0.5, 0.6) is 0 Å². The highest BCUT2D eigenvalue weighted by Gasteiger charge is 2.42. The molecule has 0 spiro atoms. The Bertz CT molecular complexity index is 667. The Morgan fingerprint density at radius 1 is 1.32 bits per heavy atom. The molecule has 3 N–H and O–H groups in total. The van der Waals surface area contributed by atoms with E-state index >= 15 is 0 Å². The summed E-state index contributed by atoms with van der Waals surface area (Å²) < 4.78 is 5.56. The van der Waals surface area contributed by atoms with Crippen molar-refractivity contribution >= 4 is 24.4 Å². The Balaban J connectivity index is 1.70. The second-order valence-electron chi connectivity index (χ2n) is 6.36. The molecule has 0 saturated carbocycles. The minimum Gasteiger partial charge on any atom is -0.481 e. The number of hydrogen-bond donors (Lipinski definition) is 3. The maximum Gasteiger partial charge on any atom is 0.473 e. The fourth-order valence-corrected chi connectivity index (χ4v) is 4.10. The van der Waals surface area contributed by atoms with E-state index in [9.17, 15) is 9.82 Å². The SMILES string of the molecule is O=C(O)C[C@@H]1CC(c2ccccc2)[C@H](NCCc2ccsc2)B(O)O1. The quantitative estimate of drug-likeness (QED) is 0.662. The largest absolute Gasteiger partial charge is 0.481 e. The van der Waals surface area contributed by atoms with Crippen molar-refractivity contribution in [2.24, 2.45) is 0 Å². The van der Waals surface area contributed by atoms with Gasteiger partial charge in [0.2, 0.25) is 0 Å². The summed E-state index contributed by atoms with van der Waals surface area (Å²) in [7, 11) is -1.02. The van der Waals surface area contributed by atoms with Crippen LogP contribution in [-0.2, 0) is 15.9 Å². The van der Waals surface area contributed by atoms with Gasteiger partial charge in [-0.15, -0.1) is 0 Å². The molecule has 1 aliphatic heterocycles. The molecule has 1 aliphatic rings. The zero-order valence-electron chi connectivity index (χ0n) is 13.9. The fourth-order valence-electron chi connectivity index (χ4n) is 3.40. The summed E-state index contributed by atoms with van der Waals surface area (Å²) in [6, 6.07) is 12.0. The van der Waals surface area contributed by atoms with E-state index < -0.39 is 19.2 Å². The zero-order chi connectivity index (χ0) is 17.6. The molecule has 1 unspecified atom stereocenters. The molecule has 2 aromatic rings. The lowest BCUT2D eigenvalue weighted by atomic mass is 9.64. The van der Waals surface area contributed by atoms with Crippen molar-refractivity contribution in [1.29, 1.82) is 0 Å². The standard InChI is InChI=1S/C18H22BNO4S/c21-17(22)11-15-10-16(14-4-2-1-3-5-14)18(19(23)24-15)20-8-6-13-7-9-25-12-13/h1-5,7,9,12,15-16,18,20,23H,6,8,10-11H2,(H,21,22)/t15-,16?,18-/m0/s1. The number of rotatable bonds is 7. The van der Waals surface area contributed by atoms with Gasteiger partial charge in [0.05, 0.1) is 12.5 Å². The average molecular weight is 359 g/mol. The van der Waals surface area contributed by atoms with Crippen molar-refractivity contribution in [3.8, 4) is 0 Å². The van der Waals surface area contributed by atoms with Gasteiger partial charge in [0, 0.05) is 11.9 Å². The molecule has 0 radical (unpaired) electrons. The van der Waals surface area contributed by atoms with Gasteiger partial charge in [-0.3, -0.25) is 4.79 Å². The molecule has 2 heterocycles. The maximum atomic E-state index is 11.0. The van der Waals surface area contributed by atoms with E-state index in [0.29, 0.717) is 6.42 Å². The summed E-state index contributed by atoms with van der Waals surface area (Å²) in [6.07, 6.45) is 0.880. The van der Waals surface area contributed by atoms with Crippen LogP contribution in [0.15, 0.2) is 47.2 Å². The summed E-state index contributed by atoms with van der Waals surface area (Å²) in [5, 5.41) is 27.1. The normalized spacial score (nSPS) is 23.6. The van der Waals surface area contributed by atoms with Gasteiger partial charge < -0.3 is 20.1 Å². The van der Waals surface area contributed by atoms with Crippen LogP contribution in [0.3, 0.4) is 0 Å². The summed E-state index contributed by atoms with van der Waals surface area (Å²) in [4.78, 5) is 11.0. The van der Waals surface area contributed by atoms with Gasteiger partial charge in [-0.2, -0.15) is 11.3 Å². The minimum atomic E-state index is -1.02. The molecule has 3 atom stereocenters. The number of thiophene rings is 1. The molecule has 25 heavy (non-hydrogen) atoms. The molecule has 132 valence electrons. The second kappa shape index (κ2) is 8.62. The van der Waals surface area contributed by atoms with Crippen LogP contribution in [0.4, 0.5) is 0 Å². The molecule has 0 bridgehead atoms. The molecule has 1 saturated heterocycles. The van der Waals surface area contributed by atoms with Gasteiger partial charge in [-0.25, -0.2) is 0 Å². The summed E-state index contributed by atoms with van der Waals surface area (Å²) in [5.41, 5.74) is 2.36. The lowest BCUT2D eigenvalue weighted by Gasteiger charge is -2.38. The topological polar surface area (TPSA) is 78.8 Å². The number of benzene rings is 1. The van der Waals surface area contributed by atoms with Gasteiger partial charge in [0.1, 0.15) is 0 Å². The van der Waals surface area contributed by atoms with Crippen molar-refractivity contribution in [2.45, 2.75) is 37.2 Å². The van der Waals surface area contributed by atoms with Crippen molar-refractivity contribution in [3.05, 3.63) is 58.3 Å². The molecule has 1 aromatic carbocycles. The van der Waals surface area contributed by atoms with Gasteiger partial charge >= 0.3 is 13.1 Å². The first-order valence-corrected chi connectivity index (χ1v) is 9.42. The van der Waals surface area contributed by atoms with E-state index in [1.165, 1.54) is 5.56 Å². The first-order valence-electron chi connectivity index (χ1n) is 8.48. The van der Waals surface area contributed by atoms with Crippen molar-refractivity contribution in [3.63, 3.8) is 0 Å². The monoisotopic (exact) mass is 359 g/mol. The van der Waals surface area contributed by atoms with E-state index in [1.807, 2.05) is 30.3 Å². The van der Waals surface area contributed by atoms with Crippen LogP contribution < -0.4 is 5.32 Å². The number of aliphatic carboxylic acids is 1. The summed E-state index contributed by atoms with van der Waals surface area (Å²) in [6.45, 7) is 0.731. The molecule has 0 aliphatic carbocycles. The second-order valence-corrected chi connectivity index (χ2v) is 7.14. The van der Waals surface area contributed by atoms with Crippen molar-refractivity contribution in [1.82, 2.24) is 5.32 Å². The Labute approximate surface area is 151 Å². The fraction of sp³-hybridized carbons (Fsp3) is 0.389. The Morgan fingerprint density at radius 3 is 2.80 bits per heavy atom. The van der Waals surface area contributed by atoms with Crippen LogP contribution in [0.25, 0.3) is 0 Å². The number of hydrogen-bond acceptors (Lipinski definition) is 5. The maximum absolute atomic E-state index is 11.0. The third-order valence-corrected chi connectivity index (χ3v) is 5.33. The third kappa shape index (κ3) is 4.92. The van der Waals surface area contributed by atoms with Gasteiger partial charge in [0.15, 0.2) is 0 Å². The van der Waals surface area contributed by atoms with Crippen LogP contribution in [0, 0.1) is 0 Å². The average Bonchev–Trinajstić information content (AvgIpc) is 3.10. The van der Waals surface area contributed by atoms with Crippen LogP contribution in [0.1, 0.15) is 29.9 Å². The van der Waals surface area contributed by atoms with E-state index in [2.05, 4.69) is 22.1 Å². The molecular weight excluding hydrogens is 337 g/mol. The molecular formula is C18H22BNO4S. The predicted molar refractivity (Wildman–Crippen MR) is 98.7 cm³/mol. The number of carboxylic acids is 1. The van der Waals surface area contributed by atoms with Crippen LogP contribution >= 0.6 is 11.3 Å². The summed E-state index contributed by atoms with van der Waals surface area (Å²) >= 11 is 1.67. The van der Waals surface area contributed by atoms with E-state index in [4.69, 9.17) is 9.76 Å². The smallest absolute Gasteiger partial charge is 0.473 e. The first kappa shape index (κ1) is 18.1. The van der Waals surface area contributed by atoms with Gasteiger partial charge in [0.25, 0.3) is 0 Å². The lowest BCUT2D eigenvalue weighted by molar-refractivity contribution is -0.139. The number of carbonyl (C=O) groups is 1. The van der Waals surface area contributed by atoms with Gasteiger partial charge in [-0.1, -0.05) is 30.3 Å². The minimum absolute atomic E-state index is 0.0109. The molecule has 1 aromatic heterocycles. The predicted octanol–water partition coefficient (Wildman–Crippen LogP) is 2.32. The van der Waals surface area contributed by atoms with E-state index in [0.717, 1.165) is 18.5 Å². The highest BCUT2D eigenvalue weighted by Crippen LogP contribution is 2.33. The molecule has 3 rings (SSSR count). The molecule has 7 heteroatoms. The molecule has 1 fully saturated rings. The molecule has 0 amide bonds. The Kier molecular flexibility index (Phi) is 6.26. The highest BCUT2D eigenvalue weighted by atomic mass is 32.1. The van der Waals surface area contributed by atoms with E-state index in [1.54, 1.807) is 11.3 Å². The molecule has 5 nitrogen and oxygen atoms in total. The summed E-state index contributed by atoms with van der Waals surface area (Å²) in [5.74, 6) is -1.16. The van der Waals surface area contributed by atoms with Crippen molar-refractivity contribution in [2.75, 3.05) is 6.54 Å². The first-order chi connectivity index (χ1) is 12.1. The van der Waals surface area contributed by atoms with E-state index in [-0.39, 0.29) is 18.3 Å². The number of nitrogens with one attached hydrogen (secondary N) is 1. The van der Waals surface area contributed by atoms with Crippen molar-refractivity contribution < 1.29 is 19.6 Å². The lowest BCUT2D eigenvalue weighted by Crippen LogP contribution is -2.55.